The Bertz CT molecular complexity index is 539. The number of ether oxygens (including phenoxy) is 1. The van der Waals surface area contributed by atoms with Gasteiger partial charge in [0.2, 0.25) is 0 Å². The lowest BCUT2D eigenvalue weighted by atomic mass is 9.64. The van der Waals surface area contributed by atoms with Gasteiger partial charge >= 0.3 is 0 Å². The van der Waals surface area contributed by atoms with Gasteiger partial charge in [-0.2, -0.15) is 0 Å². The third kappa shape index (κ3) is 2.59. The van der Waals surface area contributed by atoms with E-state index < -0.39 is 0 Å². The molecule has 0 amide bonds. The average molecular weight is 290 g/mol. The van der Waals surface area contributed by atoms with Gasteiger partial charge in [0.05, 0.1) is 6.10 Å². The average Bonchev–Trinajstić information content (AvgIpc) is 3.26. The Hall–Kier alpha value is -1.36. The summed E-state index contributed by atoms with van der Waals surface area (Å²) in [5.74, 6) is 2.92. The summed E-state index contributed by atoms with van der Waals surface area (Å²) in [6.07, 6.45) is 3.71. The number of nitrogens with one attached hydrogen (secondary N) is 1. The smallest absolute Gasteiger partial charge is 0.136 e. The van der Waals surface area contributed by atoms with Crippen molar-refractivity contribution in [2.45, 2.75) is 65.0 Å². The van der Waals surface area contributed by atoms with Crippen molar-refractivity contribution in [3.05, 3.63) is 11.4 Å². The second-order valence-corrected chi connectivity index (χ2v) is 6.91. The van der Waals surface area contributed by atoms with Crippen LogP contribution in [0.1, 0.15) is 57.3 Å². The third-order valence-electron chi connectivity index (χ3n) is 5.00. The van der Waals surface area contributed by atoms with Crippen LogP contribution < -0.4 is 11.1 Å². The lowest BCUT2D eigenvalue weighted by molar-refractivity contribution is -0.0976. The monoisotopic (exact) mass is 290 g/mol. The van der Waals surface area contributed by atoms with Crippen molar-refractivity contribution in [2.24, 2.45) is 5.41 Å². The first-order valence-corrected chi connectivity index (χ1v) is 7.95. The van der Waals surface area contributed by atoms with Crippen LogP contribution in [-0.2, 0) is 4.74 Å². The molecule has 5 heteroatoms. The first-order valence-electron chi connectivity index (χ1n) is 7.95. The number of anilines is 2. The molecule has 1 aromatic heterocycles. The van der Waals surface area contributed by atoms with Gasteiger partial charge in [-0.05, 0) is 33.1 Å². The largest absolute Gasteiger partial charge is 0.383 e. The molecule has 0 spiro atoms. The van der Waals surface area contributed by atoms with Crippen molar-refractivity contribution in [1.29, 1.82) is 0 Å². The highest BCUT2D eigenvalue weighted by molar-refractivity contribution is 5.56. The van der Waals surface area contributed by atoms with Crippen LogP contribution in [0.15, 0.2) is 0 Å². The molecule has 3 N–H and O–H groups in total. The lowest BCUT2D eigenvalue weighted by Crippen LogP contribution is -2.58. The molecule has 0 bridgehead atoms. The number of hydrogen-bond acceptors (Lipinski definition) is 5. The molecule has 2 saturated carbocycles. The van der Waals surface area contributed by atoms with E-state index in [1.54, 1.807) is 0 Å². The quantitative estimate of drug-likeness (QED) is 0.872. The molecule has 21 heavy (non-hydrogen) atoms. The van der Waals surface area contributed by atoms with Crippen LogP contribution in [0.5, 0.6) is 0 Å². The summed E-state index contributed by atoms with van der Waals surface area (Å²) in [5, 5.41) is 3.58. The molecule has 0 radical (unpaired) electrons. The molecule has 0 aliphatic heterocycles. The van der Waals surface area contributed by atoms with Crippen molar-refractivity contribution in [2.75, 3.05) is 17.7 Å². The van der Waals surface area contributed by atoms with E-state index in [9.17, 15) is 0 Å². The van der Waals surface area contributed by atoms with Crippen molar-refractivity contribution < 1.29 is 4.74 Å². The second-order valence-electron chi connectivity index (χ2n) is 6.91. The number of nitrogens with zero attached hydrogens (tertiary/aromatic N) is 2. The van der Waals surface area contributed by atoms with Gasteiger partial charge in [0.25, 0.3) is 0 Å². The van der Waals surface area contributed by atoms with E-state index in [0.29, 0.717) is 23.9 Å². The van der Waals surface area contributed by atoms with Gasteiger partial charge in [-0.1, -0.05) is 13.8 Å². The minimum Gasteiger partial charge on any atom is -0.383 e. The maximum atomic E-state index is 6.05. The SMILES string of the molecule is CCOC1CC(Nc2nc(C3CC3)nc(N)c2C)C1(C)C. The van der Waals surface area contributed by atoms with Gasteiger partial charge in [0.15, 0.2) is 0 Å². The van der Waals surface area contributed by atoms with E-state index in [0.717, 1.165) is 30.2 Å². The Balaban J connectivity index is 1.76. The molecule has 5 nitrogen and oxygen atoms in total. The highest BCUT2D eigenvalue weighted by atomic mass is 16.5. The standard InChI is InChI=1S/C16H26N4O/c1-5-21-12-8-11(16(12,3)4)18-14-9(2)13(17)19-15(20-14)10-6-7-10/h10-12H,5-8H2,1-4H3,(H3,17,18,19,20). The van der Waals surface area contributed by atoms with Crippen molar-refractivity contribution in [3.8, 4) is 0 Å². The van der Waals surface area contributed by atoms with E-state index in [1.807, 2.05) is 13.8 Å². The second kappa shape index (κ2) is 5.13. The van der Waals surface area contributed by atoms with Crippen LogP contribution in [0.2, 0.25) is 0 Å². The first-order chi connectivity index (χ1) is 9.93. The van der Waals surface area contributed by atoms with Gasteiger partial charge < -0.3 is 15.8 Å². The summed E-state index contributed by atoms with van der Waals surface area (Å²) in [6, 6.07) is 0.370. The lowest BCUT2D eigenvalue weighted by Gasteiger charge is -2.52. The summed E-state index contributed by atoms with van der Waals surface area (Å²) < 4.78 is 5.79. The Labute approximate surface area is 126 Å². The van der Waals surface area contributed by atoms with Gasteiger partial charge in [-0.3, -0.25) is 0 Å². The van der Waals surface area contributed by atoms with Crippen molar-refractivity contribution in [1.82, 2.24) is 9.97 Å². The number of aromatic nitrogens is 2. The van der Waals surface area contributed by atoms with Gasteiger partial charge in [-0.25, -0.2) is 9.97 Å². The molecule has 0 aromatic carbocycles. The van der Waals surface area contributed by atoms with Crippen LogP contribution in [-0.4, -0.2) is 28.7 Å². The summed E-state index contributed by atoms with van der Waals surface area (Å²) in [4.78, 5) is 9.14. The molecule has 116 valence electrons. The Morgan fingerprint density at radius 3 is 2.62 bits per heavy atom. The molecule has 2 atom stereocenters. The molecular formula is C16H26N4O. The Morgan fingerprint density at radius 1 is 1.33 bits per heavy atom. The maximum Gasteiger partial charge on any atom is 0.136 e. The van der Waals surface area contributed by atoms with E-state index in [1.165, 1.54) is 12.8 Å². The molecule has 0 saturated heterocycles. The molecule has 2 unspecified atom stereocenters. The fourth-order valence-corrected chi connectivity index (χ4v) is 3.00. The summed E-state index contributed by atoms with van der Waals surface area (Å²) in [5.41, 5.74) is 7.12. The van der Waals surface area contributed by atoms with Crippen LogP contribution in [0.25, 0.3) is 0 Å². The van der Waals surface area contributed by atoms with Crippen molar-refractivity contribution in [3.63, 3.8) is 0 Å². The predicted molar refractivity (Wildman–Crippen MR) is 84.4 cm³/mol. The molecular weight excluding hydrogens is 264 g/mol. The Kier molecular flexibility index (Phi) is 3.56. The third-order valence-corrected chi connectivity index (χ3v) is 5.00. The molecule has 3 rings (SSSR count). The zero-order valence-corrected chi connectivity index (χ0v) is 13.4. The van der Waals surface area contributed by atoms with Crippen LogP contribution in [0.4, 0.5) is 11.6 Å². The summed E-state index contributed by atoms with van der Waals surface area (Å²) >= 11 is 0. The fraction of sp³-hybridized carbons (Fsp3) is 0.750. The number of nitrogens with two attached hydrogens (primary N) is 1. The Morgan fingerprint density at radius 2 is 2.05 bits per heavy atom. The highest BCUT2D eigenvalue weighted by Crippen LogP contribution is 2.45. The summed E-state index contributed by atoms with van der Waals surface area (Å²) in [6.45, 7) is 9.30. The molecule has 1 aromatic rings. The number of nitrogen functional groups attached to an aromatic ring is 1. The highest BCUT2D eigenvalue weighted by Gasteiger charge is 2.49. The zero-order chi connectivity index (χ0) is 15.2. The number of hydrogen-bond donors (Lipinski definition) is 2. The van der Waals surface area contributed by atoms with E-state index >= 15 is 0 Å². The predicted octanol–water partition coefficient (Wildman–Crippen LogP) is 2.86. The first kappa shape index (κ1) is 14.6. The molecule has 2 aliphatic carbocycles. The van der Waals surface area contributed by atoms with E-state index in [4.69, 9.17) is 15.5 Å². The normalized spacial score (nSPS) is 27.2. The maximum absolute atomic E-state index is 6.05. The van der Waals surface area contributed by atoms with Crippen LogP contribution in [0, 0.1) is 12.3 Å². The molecule has 2 aliphatic rings. The minimum atomic E-state index is 0.113. The van der Waals surface area contributed by atoms with Gasteiger partial charge in [0, 0.05) is 29.5 Å². The molecule has 1 heterocycles. The van der Waals surface area contributed by atoms with Crippen LogP contribution >= 0.6 is 0 Å². The van der Waals surface area contributed by atoms with E-state index in [-0.39, 0.29) is 5.41 Å². The fourth-order valence-electron chi connectivity index (χ4n) is 3.00. The van der Waals surface area contributed by atoms with E-state index in [2.05, 4.69) is 24.1 Å². The van der Waals surface area contributed by atoms with Gasteiger partial charge in [-0.15, -0.1) is 0 Å². The van der Waals surface area contributed by atoms with Crippen LogP contribution in [0.3, 0.4) is 0 Å². The van der Waals surface area contributed by atoms with Gasteiger partial charge in [0.1, 0.15) is 17.5 Å². The van der Waals surface area contributed by atoms with Crippen molar-refractivity contribution >= 4 is 11.6 Å². The summed E-state index contributed by atoms with van der Waals surface area (Å²) in [7, 11) is 0. The number of rotatable bonds is 5. The minimum absolute atomic E-state index is 0.113. The molecule has 2 fully saturated rings. The topological polar surface area (TPSA) is 73.1 Å². The zero-order valence-electron chi connectivity index (χ0n) is 13.4.